The van der Waals surface area contributed by atoms with Crippen LogP contribution in [0.2, 0.25) is 0 Å². The van der Waals surface area contributed by atoms with E-state index in [4.69, 9.17) is 4.42 Å². The number of aromatic nitrogens is 3. The number of nitrogens with zero attached hydrogens (tertiary/aromatic N) is 5. The van der Waals surface area contributed by atoms with Crippen molar-refractivity contribution in [1.82, 2.24) is 15.0 Å². The second-order valence-corrected chi connectivity index (χ2v) is 7.64. The first kappa shape index (κ1) is 22.0. The van der Waals surface area contributed by atoms with Gasteiger partial charge < -0.3 is 14.6 Å². The Labute approximate surface area is 189 Å². The van der Waals surface area contributed by atoms with Crippen molar-refractivity contribution in [3.8, 4) is 5.69 Å². The summed E-state index contributed by atoms with van der Waals surface area (Å²) in [6.45, 7) is 9.97. The Morgan fingerprint density at radius 1 is 1.06 bits per heavy atom. The van der Waals surface area contributed by atoms with Crippen LogP contribution in [0.1, 0.15) is 35.5 Å². The summed E-state index contributed by atoms with van der Waals surface area (Å²) in [5.41, 5.74) is 5.65. The number of carbonyl (C=O) groups excluding carboxylic acids is 1. The van der Waals surface area contributed by atoms with Crippen molar-refractivity contribution in [3.63, 3.8) is 0 Å². The molecule has 33 heavy (non-hydrogen) atoms. The Hall–Kier alpha value is -4.21. The number of furan rings is 1. The van der Waals surface area contributed by atoms with Crippen molar-refractivity contribution in [3.05, 3.63) is 69.5 Å². The zero-order valence-electron chi connectivity index (χ0n) is 18.8. The van der Waals surface area contributed by atoms with Crippen molar-refractivity contribution in [2.45, 2.75) is 27.7 Å². The van der Waals surface area contributed by atoms with Crippen LogP contribution < -0.4 is 10.2 Å². The predicted octanol–water partition coefficient (Wildman–Crippen LogP) is 4.64. The number of benzene rings is 2. The van der Waals surface area contributed by atoms with Gasteiger partial charge in [0.15, 0.2) is 5.76 Å². The number of amides is 1. The van der Waals surface area contributed by atoms with Crippen molar-refractivity contribution in [2.24, 2.45) is 0 Å². The van der Waals surface area contributed by atoms with E-state index in [9.17, 15) is 14.9 Å². The van der Waals surface area contributed by atoms with E-state index in [0.717, 1.165) is 41.7 Å². The van der Waals surface area contributed by atoms with Crippen molar-refractivity contribution >= 4 is 34.2 Å². The van der Waals surface area contributed by atoms with Crippen LogP contribution in [0.4, 0.5) is 17.3 Å². The van der Waals surface area contributed by atoms with Gasteiger partial charge in [0.25, 0.3) is 5.91 Å². The van der Waals surface area contributed by atoms with Gasteiger partial charge in [-0.15, -0.1) is 10.2 Å². The number of aryl methyl sites for hydroxylation is 2. The first-order valence-electron chi connectivity index (χ1n) is 10.6. The van der Waals surface area contributed by atoms with Crippen LogP contribution in [0.3, 0.4) is 0 Å². The summed E-state index contributed by atoms with van der Waals surface area (Å²) < 4.78 is 4.98. The molecule has 0 aliphatic heterocycles. The average molecular weight is 448 g/mol. The van der Waals surface area contributed by atoms with Crippen LogP contribution in [-0.2, 0) is 0 Å². The molecule has 0 spiro atoms. The molecule has 0 saturated heterocycles. The molecule has 0 aliphatic carbocycles. The van der Waals surface area contributed by atoms with Gasteiger partial charge >= 0.3 is 5.88 Å². The second-order valence-electron chi connectivity index (χ2n) is 7.64. The lowest BCUT2D eigenvalue weighted by Gasteiger charge is -2.22. The minimum absolute atomic E-state index is 0.145. The Morgan fingerprint density at radius 3 is 2.36 bits per heavy atom. The summed E-state index contributed by atoms with van der Waals surface area (Å²) in [4.78, 5) is 26.4. The molecule has 4 rings (SSSR count). The van der Waals surface area contributed by atoms with Crippen LogP contribution in [0.25, 0.3) is 16.7 Å². The van der Waals surface area contributed by atoms with E-state index < -0.39 is 16.7 Å². The highest BCUT2D eigenvalue weighted by Crippen LogP contribution is 2.26. The SMILES string of the molecule is CCN(CC)c1ccc(-n2nc3cc(C)c(NC(=O)c4ccc([N+](=O)[O-])o4)cc3n2)c(C)c1. The molecular formula is C23H24N6O4. The van der Waals surface area contributed by atoms with Crippen LogP contribution >= 0.6 is 0 Å². The molecule has 0 atom stereocenters. The molecule has 0 aliphatic rings. The molecule has 4 aromatic rings. The molecule has 0 bridgehead atoms. The molecule has 10 nitrogen and oxygen atoms in total. The van der Waals surface area contributed by atoms with E-state index >= 15 is 0 Å². The molecule has 2 aromatic carbocycles. The molecule has 1 amide bonds. The highest BCUT2D eigenvalue weighted by atomic mass is 16.6. The largest absolute Gasteiger partial charge is 0.433 e. The summed E-state index contributed by atoms with van der Waals surface area (Å²) in [7, 11) is 0. The van der Waals surface area contributed by atoms with Gasteiger partial charge in [-0.2, -0.15) is 4.80 Å². The molecule has 2 aromatic heterocycles. The van der Waals surface area contributed by atoms with Crippen molar-refractivity contribution < 1.29 is 14.1 Å². The molecular weight excluding hydrogens is 424 g/mol. The number of fused-ring (bicyclic) bond motifs is 1. The monoisotopic (exact) mass is 448 g/mol. The molecule has 0 fully saturated rings. The first-order chi connectivity index (χ1) is 15.8. The minimum Gasteiger partial charge on any atom is -0.395 e. The van der Waals surface area contributed by atoms with Gasteiger partial charge in [0.1, 0.15) is 16.0 Å². The predicted molar refractivity (Wildman–Crippen MR) is 125 cm³/mol. The Morgan fingerprint density at radius 2 is 1.76 bits per heavy atom. The smallest absolute Gasteiger partial charge is 0.395 e. The molecule has 10 heteroatoms. The molecule has 1 N–H and O–H groups in total. The van der Waals surface area contributed by atoms with Crippen molar-refractivity contribution in [1.29, 1.82) is 0 Å². The van der Waals surface area contributed by atoms with E-state index in [2.05, 4.69) is 46.4 Å². The number of hydrogen-bond donors (Lipinski definition) is 1. The van der Waals surface area contributed by atoms with Gasteiger partial charge in [-0.05, 0) is 75.2 Å². The standard InChI is InChI=1S/C23H24N6O4/c1-5-27(6-2)16-7-8-20(15(4)11-16)28-25-18-12-14(3)17(13-19(18)26-28)24-23(30)21-9-10-22(33-21)29(31)32/h7-13H,5-6H2,1-4H3,(H,24,30). The maximum atomic E-state index is 12.5. The fourth-order valence-corrected chi connectivity index (χ4v) is 3.69. The fourth-order valence-electron chi connectivity index (χ4n) is 3.69. The minimum atomic E-state index is -0.692. The van der Waals surface area contributed by atoms with E-state index in [0.29, 0.717) is 16.7 Å². The third-order valence-corrected chi connectivity index (χ3v) is 5.49. The third-order valence-electron chi connectivity index (χ3n) is 5.49. The molecule has 0 saturated carbocycles. The van der Waals surface area contributed by atoms with Gasteiger partial charge in [-0.1, -0.05) is 0 Å². The first-order valence-corrected chi connectivity index (χ1v) is 10.6. The molecule has 0 radical (unpaired) electrons. The lowest BCUT2D eigenvalue weighted by molar-refractivity contribution is -0.402. The van der Waals surface area contributed by atoms with E-state index in [-0.39, 0.29) is 5.76 Å². The summed E-state index contributed by atoms with van der Waals surface area (Å²) >= 11 is 0. The maximum Gasteiger partial charge on any atom is 0.433 e. The highest BCUT2D eigenvalue weighted by Gasteiger charge is 2.19. The van der Waals surface area contributed by atoms with Crippen LogP contribution in [0, 0.1) is 24.0 Å². The number of rotatable bonds is 7. The van der Waals surface area contributed by atoms with E-state index in [1.54, 1.807) is 10.9 Å². The zero-order chi connectivity index (χ0) is 23.7. The number of anilines is 2. The summed E-state index contributed by atoms with van der Waals surface area (Å²) in [6.07, 6.45) is 0. The van der Waals surface area contributed by atoms with Crippen LogP contribution in [0.5, 0.6) is 0 Å². The maximum absolute atomic E-state index is 12.5. The normalized spacial score (nSPS) is 11.0. The Balaban J connectivity index is 1.62. The number of nitrogens with one attached hydrogen (secondary N) is 1. The van der Waals surface area contributed by atoms with E-state index in [1.807, 2.05) is 26.0 Å². The number of carbonyl (C=O) groups is 1. The van der Waals surface area contributed by atoms with Crippen LogP contribution in [-0.4, -0.2) is 38.9 Å². The van der Waals surface area contributed by atoms with Gasteiger partial charge in [0.2, 0.25) is 0 Å². The molecule has 0 unspecified atom stereocenters. The van der Waals surface area contributed by atoms with Gasteiger partial charge in [0, 0.05) is 24.5 Å². The zero-order valence-corrected chi connectivity index (χ0v) is 18.8. The summed E-state index contributed by atoms with van der Waals surface area (Å²) in [5, 5.41) is 22.7. The lowest BCUT2D eigenvalue weighted by atomic mass is 10.1. The second kappa shape index (κ2) is 8.73. The lowest BCUT2D eigenvalue weighted by Crippen LogP contribution is -2.21. The fraction of sp³-hybridized carbons (Fsp3) is 0.261. The number of hydrogen-bond acceptors (Lipinski definition) is 7. The average Bonchev–Trinajstić information content (AvgIpc) is 3.42. The van der Waals surface area contributed by atoms with Gasteiger partial charge in [0.05, 0.1) is 11.8 Å². The van der Waals surface area contributed by atoms with Crippen LogP contribution in [0.15, 0.2) is 46.9 Å². The Bertz CT molecular complexity index is 1350. The Kier molecular flexibility index (Phi) is 5.82. The van der Waals surface area contributed by atoms with Gasteiger partial charge in [-0.3, -0.25) is 14.9 Å². The molecule has 2 heterocycles. The quantitative estimate of drug-likeness (QED) is 0.323. The summed E-state index contributed by atoms with van der Waals surface area (Å²) in [5.74, 6) is -1.22. The molecule has 170 valence electrons. The number of nitro groups is 1. The highest BCUT2D eigenvalue weighted by molar-refractivity contribution is 6.03. The third kappa shape index (κ3) is 4.27. The topological polar surface area (TPSA) is 119 Å². The van der Waals surface area contributed by atoms with Gasteiger partial charge in [-0.25, -0.2) is 0 Å². The van der Waals surface area contributed by atoms with Crippen molar-refractivity contribution in [2.75, 3.05) is 23.3 Å². The summed E-state index contributed by atoms with van der Waals surface area (Å²) in [6, 6.07) is 12.1. The van der Waals surface area contributed by atoms with E-state index in [1.165, 1.54) is 6.07 Å².